The standard InChI is InChI=1S/C17H22O2/c1-4-6-7-14-8-10-15(11-9-14)12-13-16(5-2)17(18)19-3/h8-12H,4-7H2,1-3H3. The van der Waals surface area contributed by atoms with Gasteiger partial charge in [-0.05, 0) is 36.5 Å². The van der Waals surface area contributed by atoms with Gasteiger partial charge in [-0.3, -0.25) is 0 Å². The van der Waals surface area contributed by atoms with E-state index in [1.165, 1.54) is 25.5 Å². The van der Waals surface area contributed by atoms with Gasteiger partial charge in [-0.2, -0.15) is 0 Å². The van der Waals surface area contributed by atoms with Gasteiger partial charge in [-0.25, -0.2) is 4.79 Å². The number of carbonyl (C=O) groups excluding carboxylic acids is 1. The number of benzene rings is 1. The molecule has 2 heteroatoms. The number of esters is 1. The molecule has 0 aliphatic rings. The van der Waals surface area contributed by atoms with Crippen LogP contribution in [-0.4, -0.2) is 13.1 Å². The normalized spacial score (nSPS) is 9.63. The van der Waals surface area contributed by atoms with Crippen molar-refractivity contribution in [3.8, 4) is 0 Å². The van der Waals surface area contributed by atoms with Gasteiger partial charge in [0.25, 0.3) is 0 Å². The minimum absolute atomic E-state index is 0.307. The van der Waals surface area contributed by atoms with Gasteiger partial charge in [0.1, 0.15) is 0 Å². The molecule has 0 bridgehead atoms. The molecule has 0 spiro atoms. The minimum Gasteiger partial charge on any atom is -0.465 e. The van der Waals surface area contributed by atoms with E-state index in [1.807, 2.05) is 13.0 Å². The number of ether oxygens (including phenoxy) is 1. The van der Waals surface area contributed by atoms with Crippen LogP contribution < -0.4 is 0 Å². The van der Waals surface area contributed by atoms with Crippen molar-refractivity contribution in [3.63, 3.8) is 0 Å². The highest BCUT2D eigenvalue weighted by atomic mass is 16.5. The first-order chi connectivity index (χ1) is 9.21. The van der Waals surface area contributed by atoms with E-state index in [9.17, 15) is 4.79 Å². The van der Waals surface area contributed by atoms with E-state index in [2.05, 4.69) is 36.9 Å². The minimum atomic E-state index is -0.307. The largest absolute Gasteiger partial charge is 0.465 e. The molecule has 102 valence electrons. The Morgan fingerprint density at radius 2 is 1.95 bits per heavy atom. The molecule has 0 atom stereocenters. The van der Waals surface area contributed by atoms with E-state index < -0.39 is 0 Å². The third-order valence-electron chi connectivity index (χ3n) is 3.00. The van der Waals surface area contributed by atoms with Crippen LogP contribution in [0.1, 0.15) is 44.2 Å². The van der Waals surface area contributed by atoms with Gasteiger partial charge in [0.05, 0.1) is 12.7 Å². The maximum Gasteiger partial charge on any atom is 0.341 e. The van der Waals surface area contributed by atoms with Crippen molar-refractivity contribution >= 4 is 12.0 Å². The molecule has 0 heterocycles. The van der Waals surface area contributed by atoms with Crippen LogP contribution in [0.25, 0.3) is 6.08 Å². The maximum atomic E-state index is 11.4. The highest BCUT2D eigenvalue weighted by Gasteiger charge is 2.04. The van der Waals surface area contributed by atoms with Gasteiger partial charge in [-0.1, -0.05) is 44.5 Å². The number of carbonyl (C=O) groups is 1. The topological polar surface area (TPSA) is 26.3 Å². The van der Waals surface area contributed by atoms with E-state index in [0.29, 0.717) is 12.0 Å². The van der Waals surface area contributed by atoms with Crippen molar-refractivity contribution in [1.82, 2.24) is 0 Å². The number of unbranched alkanes of at least 4 members (excludes halogenated alkanes) is 1. The molecular weight excluding hydrogens is 236 g/mol. The van der Waals surface area contributed by atoms with Crippen LogP contribution in [0.2, 0.25) is 0 Å². The smallest absolute Gasteiger partial charge is 0.341 e. The highest BCUT2D eigenvalue weighted by molar-refractivity contribution is 5.88. The zero-order chi connectivity index (χ0) is 14.1. The first-order valence-corrected chi connectivity index (χ1v) is 6.84. The summed E-state index contributed by atoms with van der Waals surface area (Å²) in [6.07, 6.45) is 6.01. The average Bonchev–Trinajstić information content (AvgIpc) is 2.46. The summed E-state index contributed by atoms with van der Waals surface area (Å²) in [5.74, 6) is -0.307. The quantitative estimate of drug-likeness (QED) is 0.435. The summed E-state index contributed by atoms with van der Waals surface area (Å²) in [6, 6.07) is 8.38. The summed E-state index contributed by atoms with van der Waals surface area (Å²) in [7, 11) is 1.39. The van der Waals surface area contributed by atoms with E-state index in [1.54, 1.807) is 0 Å². The van der Waals surface area contributed by atoms with E-state index in [4.69, 9.17) is 4.74 Å². The number of aryl methyl sites for hydroxylation is 1. The van der Waals surface area contributed by atoms with Gasteiger partial charge in [-0.15, -0.1) is 5.73 Å². The Bertz CT molecular complexity index is 463. The molecule has 0 saturated carbocycles. The molecule has 0 N–H and O–H groups in total. The lowest BCUT2D eigenvalue weighted by atomic mass is 10.1. The maximum absolute atomic E-state index is 11.4. The molecular formula is C17H22O2. The summed E-state index contributed by atoms with van der Waals surface area (Å²) in [4.78, 5) is 11.4. The third-order valence-corrected chi connectivity index (χ3v) is 3.00. The molecule has 0 aromatic heterocycles. The molecule has 0 unspecified atom stereocenters. The lowest BCUT2D eigenvalue weighted by molar-refractivity contribution is -0.136. The van der Waals surface area contributed by atoms with Gasteiger partial charge in [0.15, 0.2) is 0 Å². The van der Waals surface area contributed by atoms with Crippen LogP contribution in [0.3, 0.4) is 0 Å². The van der Waals surface area contributed by atoms with Crippen molar-refractivity contribution in [2.45, 2.75) is 39.5 Å². The van der Waals surface area contributed by atoms with Gasteiger partial charge >= 0.3 is 5.97 Å². The molecule has 0 fully saturated rings. The van der Waals surface area contributed by atoms with Crippen molar-refractivity contribution in [1.29, 1.82) is 0 Å². The van der Waals surface area contributed by atoms with Gasteiger partial charge in [0.2, 0.25) is 0 Å². The number of methoxy groups -OCH3 is 1. The molecule has 2 nitrogen and oxygen atoms in total. The van der Waals surface area contributed by atoms with Crippen molar-refractivity contribution < 1.29 is 9.53 Å². The monoisotopic (exact) mass is 258 g/mol. The molecule has 0 amide bonds. The number of hydrogen-bond donors (Lipinski definition) is 0. The van der Waals surface area contributed by atoms with Gasteiger partial charge in [0, 0.05) is 0 Å². The Labute approximate surface area is 115 Å². The number of hydrogen-bond acceptors (Lipinski definition) is 2. The van der Waals surface area contributed by atoms with Crippen LogP contribution in [0, 0.1) is 0 Å². The van der Waals surface area contributed by atoms with Crippen molar-refractivity contribution in [2.75, 3.05) is 7.11 Å². The summed E-state index contributed by atoms with van der Waals surface area (Å²) in [6.45, 7) is 4.11. The average molecular weight is 258 g/mol. The fraction of sp³-hybridized carbons (Fsp3) is 0.412. The summed E-state index contributed by atoms with van der Waals surface area (Å²) in [5.41, 5.74) is 5.99. The second-order valence-corrected chi connectivity index (χ2v) is 4.46. The Balaban J connectivity index is 2.81. The Kier molecular flexibility index (Phi) is 6.70. The summed E-state index contributed by atoms with van der Waals surface area (Å²) < 4.78 is 4.70. The fourth-order valence-corrected chi connectivity index (χ4v) is 1.76. The molecule has 0 saturated heterocycles. The van der Waals surface area contributed by atoms with E-state index in [0.717, 1.165) is 12.0 Å². The van der Waals surface area contributed by atoms with Gasteiger partial charge < -0.3 is 4.74 Å². The predicted molar refractivity (Wildman–Crippen MR) is 78.9 cm³/mol. The van der Waals surface area contributed by atoms with Crippen LogP contribution in [0.4, 0.5) is 0 Å². The number of rotatable bonds is 6. The molecule has 0 aliphatic heterocycles. The second-order valence-electron chi connectivity index (χ2n) is 4.46. The van der Waals surface area contributed by atoms with E-state index in [-0.39, 0.29) is 5.97 Å². The van der Waals surface area contributed by atoms with E-state index >= 15 is 0 Å². The lowest BCUT2D eigenvalue weighted by Gasteiger charge is -2.00. The zero-order valence-electron chi connectivity index (χ0n) is 12.0. The van der Waals surface area contributed by atoms with Crippen LogP contribution in [0.15, 0.2) is 35.6 Å². The second kappa shape index (κ2) is 8.34. The SMILES string of the molecule is CCCCc1ccc(C=C=C(CC)C(=O)OC)cc1. The predicted octanol–water partition coefficient (Wildman–Crippen LogP) is 4.15. The van der Waals surface area contributed by atoms with Crippen LogP contribution in [0.5, 0.6) is 0 Å². The first-order valence-electron chi connectivity index (χ1n) is 6.84. The Morgan fingerprint density at radius 1 is 1.26 bits per heavy atom. The molecule has 1 rings (SSSR count). The molecule has 0 aliphatic carbocycles. The van der Waals surface area contributed by atoms with Crippen LogP contribution in [-0.2, 0) is 16.0 Å². The molecule has 0 radical (unpaired) electrons. The summed E-state index contributed by atoms with van der Waals surface area (Å²) in [5, 5.41) is 0. The van der Waals surface area contributed by atoms with Crippen molar-refractivity contribution in [3.05, 3.63) is 46.7 Å². The van der Waals surface area contributed by atoms with Crippen LogP contribution >= 0.6 is 0 Å². The molecule has 1 aromatic rings. The third kappa shape index (κ3) is 5.15. The summed E-state index contributed by atoms with van der Waals surface area (Å²) >= 11 is 0. The fourth-order valence-electron chi connectivity index (χ4n) is 1.76. The molecule has 1 aromatic carbocycles. The first kappa shape index (κ1) is 15.3. The molecule has 19 heavy (non-hydrogen) atoms. The van der Waals surface area contributed by atoms with Crippen molar-refractivity contribution in [2.24, 2.45) is 0 Å². The Hall–Kier alpha value is -1.79. The Morgan fingerprint density at radius 3 is 2.47 bits per heavy atom. The zero-order valence-corrected chi connectivity index (χ0v) is 12.0. The lowest BCUT2D eigenvalue weighted by Crippen LogP contribution is -2.02. The highest BCUT2D eigenvalue weighted by Crippen LogP contribution is 2.10.